The molecule has 0 N–H and O–H groups in total. The molecule has 0 saturated heterocycles. The van der Waals surface area contributed by atoms with Crippen molar-refractivity contribution in [2.45, 2.75) is 6.92 Å². The fourth-order valence-electron chi connectivity index (χ4n) is 2.95. The molecule has 2 aromatic carbocycles. The van der Waals surface area contributed by atoms with Gasteiger partial charge in [-0.2, -0.15) is 15.3 Å². The van der Waals surface area contributed by atoms with E-state index in [1.165, 1.54) is 0 Å². The van der Waals surface area contributed by atoms with E-state index in [9.17, 15) is 0 Å². The van der Waals surface area contributed by atoms with Gasteiger partial charge < -0.3 is 0 Å². The van der Waals surface area contributed by atoms with Crippen molar-refractivity contribution in [2.24, 2.45) is 20.2 Å². The Kier molecular flexibility index (Phi) is 2.96. The lowest BCUT2D eigenvalue weighted by Gasteiger charge is -2.05. The molecule has 120 valence electrons. The number of nitrogens with zero attached hydrogens (tertiary/aromatic N) is 6. The first kappa shape index (κ1) is 14.2. The van der Waals surface area contributed by atoms with Crippen molar-refractivity contribution in [3.63, 3.8) is 0 Å². The zero-order valence-electron chi connectivity index (χ0n) is 13.2. The van der Waals surface area contributed by atoms with Crippen LogP contribution in [0.2, 0.25) is 5.02 Å². The molecule has 1 aromatic heterocycles. The number of rotatable bonds is 2. The molecule has 2 aliphatic rings. The summed E-state index contributed by atoms with van der Waals surface area (Å²) in [5.41, 5.74) is 4.47. The van der Waals surface area contributed by atoms with E-state index in [1.54, 1.807) is 12.4 Å². The van der Waals surface area contributed by atoms with Crippen LogP contribution in [0.3, 0.4) is 0 Å². The number of amidine groups is 1. The molecule has 0 radical (unpaired) electrons. The van der Waals surface area contributed by atoms with Crippen molar-refractivity contribution in [1.82, 2.24) is 9.78 Å². The normalized spacial score (nSPS) is 13.9. The Balaban J connectivity index is 1.58. The molecule has 5 rings (SSSR count). The Bertz CT molecular complexity index is 1200. The van der Waals surface area contributed by atoms with E-state index in [0.717, 1.165) is 38.9 Å². The van der Waals surface area contributed by atoms with Gasteiger partial charge in [-0.15, -0.1) is 0 Å². The number of fused-ring (bicyclic) bond motifs is 2. The van der Waals surface area contributed by atoms with Gasteiger partial charge >= 0.3 is 0 Å². The third-order valence-corrected chi connectivity index (χ3v) is 4.51. The second kappa shape index (κ2) is 5.19. The summed E-state index contributed by atoms with van der Waals surface area (Å²) in [6, 6.07) is 11.4. The van der Waals surface area contributed by atoms with Crippen molar-refractivity contribution in [3.8, 4) is 5.69 Å². The quantitative estimate of drug-likeness (QED) is 0.701. The van der Waals surface area contributed by atoms with Gasteiger partial charge in [-0.3, -0.25) is 0 Å². The van der Waals surface area contributed by atoms with Gasteiger partial charge in [0.1, 0.15) is 0 Å². The summed E-state index contributed by atoms with van der Waals surface area (Å²) in [7, 11) is 0. The van der Waals surface area contributed by atoms with E-state index in [2.05, 4.69) is 25.3 Å². The van der Waals surface area contributed by atoms with Crippen molar-refractivity contribution in [2.75, 3.05) is 0 Å². The monoisotopic (exact) mass is 346 g/mol. The highest BCUT2D eigenvalue weighted by Crippen LogP contribution is 2.22. The number of aliphatic imine (C=N–C) groups is 1. The van der Waals surface area contributed by atoms with Crippen LogP contribution < -0.4 is 10.6 Å². The molecule has 0 aliphatic carbocycles. The number of hydrogen-bond donors (Lipinski definition) is 0. The minimum atomic E-state index is 0.660. The van der Waals surface area contributed by atoms with E-state index < -0.39 is 0 Å². The highest BCUT2D eigenvalue weighted by atomic mass is 35.5. The number of hydrogen-bond acceptors (Lipinski definition) is 5. The SMILES string of the molecule is Cc1c(C2=Nc3cc4c(cc3=N2)N=NC=4)cnn1-c1ccc(Cl)cc1. The van der Waals surface area contributed by atoms with Gasteiger partial charge in [-0.25, -0.2) is 14.7 Å². The average Bonchev–Trinajstić information content (AvgIpc) is 3.30. The Labute approximate surface area is 147 Å². The maximum atomic E-state index is 5.96. The first-order valence-electron chi connectivity index (χ1n) is 7.72. The van der Waals surface area contributed by atoms with E-state index in [0.29, 0.717) is 10.9 Å². The van der Waals surface area contributed by atoms with Crippen LogP contribution in [-0.2, 0) is 0 Å². The molecule has 3 heterocycles. The van der Waals surface area contributed by atoms with Crippen LogP contribution in [0.4, 0.5) is 11.4 Å². The van der Waals surface area contributed by atoms with Crippen LogP contribution in [0.1, 0.15) is 11.3 Å². The van der Waals surface area contributed by atoms with E-state index in [4.69, 9.17) is 11.6 Å². The van der Waals surface area contributed by atoms with Gasteiger partial charge in [0.2, 0.25) is 0 Å². The standard InChI is InChI=1S/C18H11ClN6/c1-10-14(9-21-25(10)13-4-2-12(19)3-5-13)18-22-16-6-11-8-20-24-15(11)7-17(16)23-18/h2-9H,1H3. The molecule has 0 fully saturated rings. The molecule has 25 heavy (non-hydrogen) atoms. The lowest BCUT2D eigenvalue weighted by Crippen LogP contribution is -2.07. The van der Waals surface area contributed by atoms with Crippen LogP contribution >= 0.6 is 11.6 Å². The maximum Gasteiger partial charge on any atom is 0.163 e. The number of azo groups is 1. The molecular formula is C18H11ClN6. The molecule has 0 atom stereocenters. The molecule has 2 aliphatic heterocycles. The maximum absolute atomic E-state index is 5.96. The van der Waals surface area contributed by atoms with Crippen LogP contribution in [0, 0.1) is 6.92 Å². The second-order valence-corrected chi connectivity index (χ2v) is 6.26. The predicted octanol–water partition coefficient (Wildman–Crippen LogP) is 3.38. The molecule has 0 amide bonds. The predicted molar refractivity (Wildman–Crippen MR) is 95.7 cm³/mol. The summed E-state index contributed by atoms with van der Waals surface area (Å²) in [6.45, 7) is 2.00. The number of benzene rings is 2. The molecule has 0 spiro atoms. The van der Waals surface area contributed by atoms with Gasteiger partial charge in [-0.05, 0) is 43.3 Å². The van der Waals surface area contributed by atoms with Crippen molar-refractivity contribution >= 4 is 35.0 Å². The van der Waals surface area contributed by atoms with Crippen LogP contribution in [0.5, 0.6) is 0 Å². The lowest BCUT2D eigenvalue weighted by molar-refractivity contribution is 0.847. The largest absolute Gasteiger partial charge is 0.237 e. The Morgan fingerprint density at radius 1 is 1.00 bits per heavy atom. The Morgan fingerprint density at radius 3 is 2.68 bits per heavy atom. The van der Waals surface area contributed by atoms with Crippen molar-refractivity contribution in [1.29, 1.82) is 0 Å². The summed E-state index contributed by atoms with van der Waals surface area (Å²) in [4.78, 5) is 9.29. The van der Waals surface area contributed by atoms with E-state index in [-0.39, 0.29) is 0 Å². The van der Waals surface area contributed by atoms with Crippen LogP contribution in [-0.4, -0.2) is 15.6 Å². The van der Waals surface area contributed by atoms with Gasteiger partial charge in [0, 0.05) is 10.2 Å². The average molecular weight is 347 g/mol. The van der Waals surface area contributed by atoms with Gasteiger partial charge in [-0.1, -0.05) is 11.6 Å². The summed E-state index contributed by atoms with van der Waals surface area (Å²) >= 11 is 5.96. The van der Waals surface area contributed by atoms with Crippen LogP contribution in [0.15, 0.2) is 62.8 Å². The topological polar surface area (TPSA) is 67.3 Å². The summed E-state index contributed by atoms with van der Waals surface area (Å²) in [5, 5.41) is 14.9. The number of aromatic nitrogens is 2. The third kappa shape index (κ3) is 2.22. The summed E-state index contributed by atoms with van der Waals surface area (Å²) in [6.07, 6.45) is 3.52. The molecule has 7 heteroatoms. The minimum Gasteiger partial charge on any atom is -0.237 e. The van der Waals surface area contributed by atoms with E-state index in [1.807, 2.05) is 48.0 Å². The molecule has 0 saturated carbocycles. The molecule has 0 bridgehead atoms. The highest BCUT2D eigenvalue weighted by Gasteiger charge is 2.18. The van der Waals surface area contributed by atoms with Gasteiger partial charge in [0.05, 0.1) is 46.1 Å². The third-order valence-electron chi connectivity index (χ3n) is 4.26. The van der Waals surface area contributed by atoms with Gasteiger partial charge in [0.25, 0.3) is 0 Å². The Hall–Kier alpha value is -3.12. The lowest BCUT2D eigenvalue weighted by atomic mass is 10.2. The fraction of sp³-hybridized carbons (Fsp3) is 0.0556. The summed E-state index contributed by atoms with van der Waals surface area (Å²) < 4.78 is 1.86. The number of halogens is 1. The van der Waals surface area contributed by atoms with Crippen molar-refractivity contribution < 1.29 is 0 Å². The zero-order valence-corrected chi connectivity index (χ0v) is 13.9. The first-order chi connectivity index (χ1) is 12.2. The molecule has 6 nitrogen and oxygen atoms in total. The molecule has 0 unspecified atom stereocenters. The Morgan fingerprint density at radius 2 is 1.84 bits per heavy atom. The molecule has 3 aromatic rings. The fourth-order valence-corrected chi connectivity index (χ4v) is 3.08. The van der Waals surface area contributed by atoms with Crippen LogP contribution in [0.25, 0.3) is 11.9 Å². The minimum absolute atomic E-state index is 0.660. The first-order valence-corrected chi connectivity index (χ1v) is 8.10. The molecular weight excluding hydrogens is 336 g/mol. The van der Waals surface area contributed by atoms with E-state index >= 15 is 0 Å². The van der Waals surface area contributed by atoms with Gasteiger partial charge in [0.15, 0.2) is 5.84 Å². The smallest absolute Gasteiger partial charge is 0.163 e. The second-order valence-electron chi connectivity index (χ2n) is 5.82. The highest BCUT2D eigenvalue weighted by molar-refractivity contribution is 6.30. The zero-order chi connectivity index (χ0) is 17.0. The summed E-state index contributed by atoms with van der Waals surface area (Å²) in [5.74, 6) is 0.660. The van der Waals surface area contributed by atoms with Crippen molar-refractivity contribution in [3.05, 3.63) is 69.5 Å².